The molecule has 1 atom stereocenters. The molecule has 6 nitrogen and oxygen atoms in total. The van der Waals surface area contributed by atoms with Gasteiger partial charge in [-0.15, -0.1) is 0 Å². The Morgan fingerprint density at radius 3 is 2.33 bits per heavy atom. The van der Waals surface area contributed by atoms with Crippen molar-refractivity contribution in [3.05, 3.63) is 59.7 Å². The summed E-state index contributed by atoms with van der Waals surface area (Å²) in [6, 6.07) is 13.9. The lowest BCUT2D eigenvalue weighted by molar-refractivity contribution is -0.139. The van der Waals surface area contributed by atoms with E-state index in [9.17, 15) is 14.4 Å². The minimum Gasteiger partial charge on any atom is -0.494 e. The molecule has 1 aliphatic heterocycles. The van der Waals surface area contributed by atoms with Gasteiger partial charge in [0.15, 0.2) is 0 Å². The van der Waals surface area contributed by atoms with Crippen molar-refractivity contribution in [2.75, 3.05) is 11.5 Å². The van der Waals surface area contributed by atoms with E-state index >= 15 is 0 Å². The van der Waals surface area contributed by atoms with Gasteiger partial charge in [-0.05, 0) is 50.1 Å². The molecule has 1 heterocycles. The molecule has 0 aromatic heterocycles. The summed E-state index contributed by atoms with van der Waals surface area (Å²) in [5, 5.41) is 0. The summed E-state index contributed by atoms with van der Waals surface area (Å²) in [4.78, 5) is 41.5. The summed E-state index contributed by atoms with van der Waals surface area (Å²) in [6.45, 7) is 6.66. The number of benzene rings is 2. The van der Waals surface area contributed by atoms with Crippen molar-refractivity contribution < 1.29 is 19.1 Å². The first kappa shape index (κ1) is 21.6. The topological polar surface area (TPSA) is 66.9 Å². The number of amides is 3. The van der Waals surface area contributed by atoms with Crippen molar-refractivity contribution in [2.45, 2.75) is 52.6 Å². The molecule has 3 rings (SSSR count). The average Bonchev–Trinajstić information content (AvgIpc) is 3.02. The average molecular weight is 408 g/mol. The zero-order valence-electron chi connectivity index (χ0n) is 17.8. The molecular weight excluding hydrogens is 380 g/mol. The maximum Gasteiger partial charge on any atom is 0.257 e. The molecule has 2 aromatic rings. The van der Waals surface area contributed by atoms with Crippen LogP contribution in [0, 0.1) is 6.92 Å². The van der Waals surface area contributed by atoms with Crippen LogP contribution in [-0.2, 0) is 20.9 Å². The molecule has 0 radical (unpaired) electrons. The molecule has 0 spiro atoms. The Bertz CT molecular complexity index is 906. The zero-order chi connectivity index (χ0) is 21.7. The highest BCUT2D eigenvalue weighted by Crippen LogP contribution is 2.28. The Balaban J connectivity index is 1.84. The van der Waals surface area contributed by atoms with Crippen molar-refractivity contribution in [3.8, 4) is 5.75 Å². The number of ether oxygens (including phenoxy) is 1. The van der Waals surface area contributed by atoms with Gasteiger partial charge >= 0.3 is 0 Å². The fourth-order valence-corrected chi connectivity index (χ4v) is 3.61. The lowest BCUT2D eigenvalue weighted by Gasteiger charge is -2.28. The third-order valence-electron chi connectivity index (χ3n) is 5.16. The third kappa shape index (κ3) is 4.70. The van der Waals surface area contributed by atoms with Crippen molar-refractivity contribution in [1.29, 1.82) is 0 Å². The number of anilines is 1. The van der Waals surface area contributed by atoms with Gasteiger partial charge < -0.3 is 9.64 Å². The summed E-state index contributed by atoms with van der Waals surface area (Å²) < 4.78 is 5.43. The maximum atomic E-state index is 13.2. The summed E-state index contributed by atoms with van der Waals surface area (Å²) in [5.41, 5.74) is 2.55. The molecule has 0 aliphatic carbocycles. The van der Waals surface area contributed by atoms with E-state index in [1.54, 1.807) is 29.2 Å². The molecule has 0 N–H and O–H groups in total. The van der Waals surface area contributed by atoms with Gasteiger partial charge in [0.25, 0.3) is 5.91 Å². The largest absolute Gasteiger partial charge is 0.494 e. The fourth-order valence-electron chi connectivity index (χ4n) is 3.61. The number of rotatable bonds is 8. The molecule has 1 fully saturated rings. The van der Waals surface area contributed by atoms with E-state index in [0.717, 1.165) is 11.1 Å². The van der Waals surface area contributed by atoms with Crippen molar-refractivity contribution in [3.63, 3.8) is 0 Å². The van der Waals surface area contributed by atoms with Crippen LogP contribution in [0.15, 0.2) is 48.5 Å². The molecule has 1 aliphatic rings. The predicted octanol–water partition coefficient (Wildman–Crippen LogP) is 3.85. The third-order valence-corrected chi connectivity index (χ3v) is 5.16. The lowest BCUT2D eigenvalue weighted by atomic mass is 10.1. The molecular formula is C24H28N2O4. The van der Waals surface area contributed by atoms with E-state index in [2.05, 4.69) is 0 Å². The van der Waals surface area contributed by atoms with Crippen LogP contribution in [0.1, 0.15) is 44.2 Å². The van der Waals surface area contributed by atoms with Crippen LogP contribution in [0.4, 0.5) is 5.69 Å². The standard InChI is InChI=1S/C24H28N2O4/c1-4-6-22(27)25(16-18-9-7-17(3)8-10-18)21-15-23(28)26(24(21)29)19-11-13-20(14-12-19)30-5-2/h7-14,21H,4-6,15-16H2,1-3H3. The minimum absolute atomic E-state index is 0.00659. The van der Waals surface area contributed by atoms with E-state index in [-0.39, 0.29) is 24.1 Å². The van der Waals surface area contributed by atoms with Gasteiger partial charge in [0.1, 0.15) is 11.8 Å². The first-order valence-electron chi connectivity index (χ1n) is 10.4. The minimum atomic E-state index is -0.788. The highest BCUT2D eigenvalue weighted by atomic mass is 16.5. The molecule has 1 unspecified atom stereocenters. The molecule has 3 amide bonds. The van der Waals surface area contributed by atoms with Crippen LogP contribution in [-0.4, -0.2) is 35.3 Å². The van der Waals surface area contributed by atoms with E-state index in [1.165, 1.54) is 4.90 Å². The summed E-state index contributed by atoms with van der Waals surface area (Å²) >= 11 is 0. The summed E-state index contributed by atoms with van der Waals surface area (Å²) in [6.07, 6.45) is 1.01. The number of hydrogen-bond donors (Lipinski definition) is 0. The van der Waals surface area contributed by atoms with E-state index < -0.39 is 6.04 Å². The molecule has 0 saturated carbocycles. The Labute approximate surface area is 177 Å². The SMILES string of the molecule is CCCC(=O)N(Cc1ccc(C)cc1)C1CC(=O)N(c2ccc(OCC)cc2)C1=O. The first-order valence-corrected chi connectivity index (χ1v) is 10.4. The molecule has 0 bridgehead atoms. The second-order valence-electron chi connectivity index (χ2n) is 7.47. The van der Waals surface area contributed by atoms with Gasteiger partial charge in [-0.1, -0.05) is 36.8 Å². The Morgan fingerprint density at radius 2 is 1.73 bits per heavy atom. The maximum absolute atomic E-state index is 13.2. The van der Waals surface area contributed by atoms with Crippen LogP contribution < -0.4 is 9.64 Å². The van der Waals surface area contributed by atoms with Gasteiger partial charge in [-0.2, -0.15) is 0 Å². The summed E-state index contributed by atoms with van der Waals surface area (Å²) in [7, 11) is 0. The number of carbonyl (C=O) groups is 3. The van der Waals surface area contributed by atoms with Gasteiger partial charge in [0.05, 0.1) is 18.7 Å². The van der Waals surface area contributed by atoms with Gasteiger partial charge in [-0.25, -0.2) is 4.90 Å². The second kappa shape index (κ2) is 9.57. The number of carbonyl (C=O) groups excluding carboxylic acids is 3. The number of nitrogens with zero attached hydrogens (tertiary/aromatic N) is 2. The van der Waals surface area contributed by atoms with Crippen molar-refractivity contribution >= 4 is 23.4 Å². The van der Waals surface area contributed by atoms with E-state index in [1.807, 2.05) is 45.0 Å². The van der Waals surface area contributed by atoms with Crippen molar-refractivity contribution in [2.24, 2.45) is 0 Å². The monoisotopic (exact) mass is 408 g/mol. The number of hydrogen-bond acceptors (Lipinski definition) is 4. The Kier molecular flexibility index (Phi) is 6.87. The van der Waals surface area contributed by atoms with Crippen LogP contribution in [0.25, 0.3) is 0 Å². The van der Waals surface area contributed by atoms with E-state index in [0.29, 0.717) is 37.4 Å². The highest BCUT2D eigenvalue weighted by molar-refractivity contribution is 6.23. The quantitative estimate of drug-likeness (QED) is 0.622. The zero-order valence-corrected chi connectivity index (χ0v) is 17.8. The Hall–Kier alpha value is -3.15. The van der Waals surface area contributed by atoms with E-state index in [4.69, 9.17) is 4.74 Å². The lowest BCUT2D eigenvalue weighted by Crippen LogP contribution is -2.45. The van der Waals surface area contributed by atoms with Gasteiger partial charge in [0.2, 0.25) is 11.8 Å². The smallest absolute Gasteiger partial charge is 0.257 e. The fraction of sp³-hybridized carbons (Fsp3) is 0.375. The normalized spacial score (nSPS) is 16.1. The van der Waals surface area contributed by atoms with Crippen LogP contribution in [0.5, 0.6) is 5.75 Å². The molecule has 30 heavy (non-hydrogen) atoms. The second-order valence-corrected chi connectivity index (χ2v) is 7.47. The first-order chi connectivity index (χ1) is 14.4. The molecule has 158 valence electrons. The molecule has 6 heteroatoms. The summed E-state index contributed by atoms with van der Waals surface area (Å²) in [5.74, 6) is -0.0955. The predicted molar refractivity (Wildman–Crippen MR) is 115 cm³/mol. The van der Waals surface area contributed by atoms with Crippen LogP contribution in [0.3, 0.4) is 0 Å². The molecule has 2 aromatic carbocycles. The Morgan fingerprint density at radius 1 is 1.07 bits per heavy atom. The highest BCUT2D eigenvalue weighted by Gasteiger charge is 2.44. The number of imide groups is 1. The van der Waals surface area contributed by atoms with Crippen LogP contribution >= 0.6 is 0 Å². The van der Waals surface area contributed by atoms with Crippen LogP contribution in [0.2, 0.25) is 0 Å². The van der Waals surface area contributed by atoms with Gasteiger partial charge in [-0.3, -0.25) is 14.4 Å². The molecule has 1 saturated heterocycles. The number of aryl methyl sites for hydroxylation is 1. The van der Waals surface area contributed by atoms with Crippen molar-refractivity contribution in [1.82, 2.24) is 4.90 Å². The van der Waals surface area contributed by atoms with Gasteiger partial charge in [0, 0.05) is 13.0 Å².